The van der Waals surface area contributed by atoms with Crippen LogP contribution in [-0.2, 0) is 10.0 Å². The zero-order valence-electron chi connectivity index (χ0n) is 10.7. The van der Waals surface area contributed by atoms with Crippen LogP contribution >= 0.6 is 15.9 Å². The Bertz CT molecular complexity index is 672. The van der Waals surface area contributed by atoms with Gasteiger partial charge in [0.05, 0.1) is 5.75 Å². The van der Waals surface area contributed by atoms with E-state index < -0.39 is 10.0 Å². The zero-order valence-corrected chi connectivity index (χ0v) is 13.1. The van der Waals surface area contributed by atoms with Crippen LogP contribution in [0.4, 0.5) is 17.3 Å². The van der Waals surface area contributed by atoms with Crippen LogP contribution in [0.15, 0.2) is 40.9 Å². The first-order chi connectivity index (χ1) is 9.48. The van der Waals surface area contributed by atoms with Crippen molar-refractivity contribution < 1.29 is 8.42 Å². The summed E-state index contributed by atoms with van der Waals surface area (Å²) in [6.07, 6.45) is 0. The fraction of sp³-hybridized carbons (Fsp3) is 0.167. The lowest BCUT2D eigenvalue weighted by atomic mass is 10.3. The Morgan fingerprint density at radius 1 is 1.05 bits per heavy atom. The van der Waals surface area contributed by atoms with E-state index in [9.17, 15) is 8.42 Å². The van der Waals surface area contributed by atoms with Gasteiger partial charge in [-0.05, 0) is 43.3 Å². The highest BCUT2D eigenvalue weighted by Crippen LogP contribution is 2.18. The topological polar surface area (TPSA) is 84.0 Å². The summed E-state index contributed by atoms with van der Waals surface area (Å²) in [6, 6.07) is 10.8. The number of benzene rings is 1. The highest BCUT2D eigenvalue weighted by Gasteiger charge is 2.08. The molecule has 2 aromatic rings. The summed E-state index contributed by atoms with van der Waals surface area (Å²) in [4.78, 5) is 0. The monoisotopic (exact) mass is 356 g/mol. The molecule has 6 nitrogen and oxygen atoms in total. The summed E-state index contributed by atoms with van der Waals surface area (Å²) in [5, 5.41) is 10.8. The average Bonchev–Trinajstić information content (AvgIpc) is 2.43. The van der Waals surface area contributed by atoms with Crippen LogP contribution in [0.1, 0.15) is 6.92 Å². The van der Waals surface area contributed by atoms with Crippen molar-refractivity contribution in [3.63, 3.8) is 0 Å². The minimum Gasteiger partial charge on any atom is -0.339 e. The summed E-state index contributed by atoms with van der Waals surface area (Å²) in [6.45, 7) is 1.55. The number of hydrogen-bond acceptors (Lipinski definition) is 5. The van der Waals surface area contributed by atoms with E-state index in [1.54, 1.807) is 19.1 Å². The predicted octanol–water partition coefficient (Wildman–Crippen LogP) is 2.74. The Morgan fingerprint density at radius 2 is 1.65 bits per heavy atom. The van der Waals surface area contributed by atoms with E-state index in [0.29, 0.717) is 5.82 Å². The zero-order chi connectivity index (χ0) is 14.6. The van der Waals surface area contributed by atoms with E-state index in [4.69, 9.17) is 0 Å². The maximum Gasteiger partial charge on any atom is 0.233 e. The van der Waals surface area contributed by atoms with Gasteiger partial charge in [-0.15, -0.1) is 10.2 Å². The first kappa shape index (κ1) is 14.7. The van der Waals surface area contributed by atoms with Gasteiger partial charge in [0.25, 0.3) is 0 Å². The molecule has 0 amide bonds. The molecule has 0 bridgehead atoms. The second-order valence-corrected chi connectivity index (χ2v) is 6.87. The van der Waals surface area contributed by atoms with Crippen LogP contribution in [0, 0.1) is 0 Å². The van der Waals surface area contributed by atoms with Crippen molar-refractivity contribution in [3.05, 3.63) is 40.9 Å². The van der Waals surface area contributed by atoms with E-state index in [-0.39, 0.29) is 11.6 Å². The molecule has 8 heteroatoms. The van der Waals surface area contributed by atoms with Crippen molar-refractivity contribution >= 4 is 43.3 Å². The van der Waals surface area contributed by atoms with Crippen LogP contribution in [0.25, 0.3) is 0 Å². The van der Waals surface area contributed by atoms with E-state index in [1.165, 1.54) is 0 Å². The highest BCUT2D eigenvalue weighted by atomic mass is 79.9. The largest absolute Gasteiger partial charge is 0.339 e. The molecule has 2 N–H and O–H groups in total. The van der Waals surface area contributed by atoms with E-state index >= 15 is 0 Å². The van der Waals surface area contributed by atoms with Gasteiger partial charge in [-0.1, -0.05) is 15.9 Å². The van der Waals surface area contributed by atoms with Crippen LogP contribution < -0.4 is 10.0 Å². The van der Waals surface area contributed by atoms with Gasteiger partial charge in [-0.2, -0.15) is 0 Å². The fourth-order valence-electron chi connectivity index (χ4n) is 1.37. The Kier molecular flexibility index (Phi) is 4.56. The molecule has 1 aromatic carbocycles. The number of nitrogens with zero attached hydrogens (tertiary/aromatic N) is 2. The molecule has 0 aliphatic rings. The number of nitrogens with one attached hydrogen (secondary N) is 2. The molecule has 1 aromatic heterocycles. The van der Waals surface area contributed by atoms with Gasteiger partial charge in [0, 0.05) is 10.2 Å². The third-order valence-electron chi connectivity index (χ3n) is 2.42. The number of rotatable bonds is 5. The van der Waals surface area contributed by atoms with E-state index in [2.05, 4.69) is 36.2 Å². The molecule has 0 saturated heterocycles. The lowest BCUT2D eigenvalue weighted by Crippen LogP contribution is -2.15. The van der Waals surface area contributed by atoms with Crippen molar-refractivity contribution in [1.82, 2.24) is 10.2 Å². The van der Waals surface area contributed by atoms with Crippen LogP contribution in [0.5, 0.6) is 0 Å². The fourth-order valence-corrected chi connectivity index (χ4v) is 2.20. The van der Waals surface area contributed by atoms with Crippen molar-refractivity contribution in [3.8, 4) is 0 Å². The number of hydrogen-bond donors (Lipinski definition) is 2. The maximum absolute atomic E-state index is 11.4. The predicted molar refractivity (Wildman–Crippen MR) is 82.5 cm³/mol. The second kappa shape index (κ2) is 6.19. The van der Waals surface area contributed by atoms with E-state index in [0.717, 1.165) is 10.2 Å². The molecule has 0 radical (unpaired) electrons. The van der Waals surface area contributed by atoms with Crippen molar-refractivity contribution in [1.29, 1.82) is 0 Å². The highest BCUT2D eigenvalue weighted by molar-refractivity contribution is 9.10. The SMILES string of the molecule is CCS(=O)(=O)Nc1ccc(Nc2ccc(Br)cc2)nn1. The lowest BCUT2D eigenvalue weighted by Gasteiger charge is -2.07. The first-order valence-corrected chi connectivity index (χ1v) is 8.30. The van der Waals surface area contributed by atoms with Gasteiger partial charge in [-0.25, -0.2) is 8.42 Å². The van der Waals surface area contributed by atoms with Crippen LogP contribution in [0.2, 0.25) is 0 Å². The smallest absolute Gasteiger partial charge is 0.233 e. The number of anilines is 3. The number of aromatic nitrogens is 2. The molecule has 20 heavy (non-hydrogen) atoms. The molecule has 0 aliphatic carbocycles. The molecule has 0 atom stereocenters. The first-order valence-electron chi connectivity index (χ1n) is 5.85. The molecule has 106 valence electrons. The standard InChI is InChI=1S/C12H13BrN4O2S/c1-2-20(18,19)17-12-8-7-11(15-16-12)14-10-5-3-9(13)4-6-10/h3-8H,2H2,1H3,(H,14,15)(H,16,17). The number of halogens is 1. The van der Waals surface area contributed by atoms with Gasteiger partial charge >= 0.3 is 0 Å². The minimum absolute atomic E-state index is 0.00637. The van der Waals surface area contributed by atoms with E-state index in [1.807, 2.05) is 24.3 Å². The Hall–Kier alpha value is -1.67. The van der Waals surface area contributed by atoms with Gasteiger partial charge in [-0.3, -0.25) is 4.72 Å². The summed E-state index contributed by atoms with van der Waals surface area (Å²) in [5.74, 6) is 0.730. The van der Waals surface area contributed by atoms with Crippen LogP contribution in [0.3, 0.4) is 0 Å². The van der Waals surface area contributed by atoms with Gasteiger partial charge < -0.3 is 5.32 Å². The maximum atomic E-state index is 11.4. The molecule has 0 spiro atoms. The van der Waals surface area contributed by atoms with Crippen molar-refractivity contribution in [2.75, 3.05) is 15.8 Å². The minimum atomic E-state index is -3.33. The number of sulfonamides is 1. The third-order valence-corrected chi connectivity index (χ3v) is 4.23. The Morgan fingerprint density at radius 3 is 2.20 bits per heavy atom. The third kappa shape index (κ3) is 4.17. The van der Waals surface area contributed by atoms with Gasteiger partial charge in [0.2, 0.25) is 10.0 Å². The summed E-state index contributed by atoms with van der Waals surface area (Å²) < 4.78 is 26.1. The molecular formula is C12H13BrN4O2S. The average molecular weight is 357 g/mol. The second-order valence-electron chi connectivity index (χ2n) is 3.94. The lowest BCUT2D eigenvalue weighted by molar-refractivity contribution is 0.602. The molecule has 0 fully saturated rings. The molecule has 0 saturated carbocycles. The van der Waals surface area contributed by atoms with Gasteiger partial charge in [0.15, 0.2) is 11.6 Å². The van der Waals surface area contributed by atoms with Crippen molar-refractivity contribution in [2.24, 2.45) is 0 Å². The summed E-state index contributed by atoms with van der Waals surface area (Å²) in [5.41, 5.74) is 0.865. The normalized spacial score (nSPS) is 11.1. The Labute approximate surface area is 125 Å². The molecule has 0 aliphatic heterocycles. The molecule has 0 unspecified atom stereocenters. The summed E-state index contributed by atoms with van der Waals surface area (Å²) in [7, 11) is -3.33. The molecule has 1 heterocycles. The molecule has 2 rings (SSSR count). The van der Waals surface area contributed by atoms with Crippen LogP contribution in [-0.4, -0.2) is 24.4 Å². The Balaban J connectivity index is 2.07. The summed E-state index contributed by atoms with van der Waals surface area (Å²) >= 11 is 3.35. The van der Waals surface area contributed by atoms with Crippen molar-refractivity contribution in [2.45, 2.75) is 6.92 Å². The quantitative estimate of drug-likeness (QED) is 0.860. The van der Waals surface area contributed by atoms with Gasteiger partial charge in [0.1, 0.15) is 0 Å². The molecular weight excluding hydrogens is 344 g/mol.